The number of benzene rings is 2. The third-order valence-corrected chi connectivity index (χ3v) is 8.02. The van der Waals surface area contributed by atoms with Gasteiger partial charge in [0, 0.05) is 22.6 Å². The molecule has 0 saturated heterocycles. The van der Waals surface area contributed by atoms with E-state index in [1.54, 1.807) is 12.1 Å². The molecule has 2 aromatic carbocycles. The van der Waals surface area contributed by atoms with Crippen molar-refractivity contribution >= 4 is 38.3 Å². The molecule has 0 saturated carbocycles. The predicted molar refractivity (Wildman–Crippen MR) is 123 cm³/mol. The molecular weight excluding hydrogens is 441 g/mol. The van der Waals surface area contributed by atoms with E-state index in [2.05, 4.69) is 0 Å². The van der Waals surface area contributed by atoms with E-state index in [9.17, 15) is 13.5 Å². The van der Waals surface area contributed by atoms with Gasteiger partial charge in [-0.25, -0.2) is 8.42 Å². The molecular formula is C23H27Cl2NO3S. The number of nitrogens with zero attached hydrogens (tertiary/aromatic N) is 1. The van der Waals surface area contributed by atoms with Crippen LogP contribution < -0.4 is 0 Å². The van der Waals surface area contributed by atoms with E-state index in [-0.39, 0.29) is 24.0 Å². The average Bonchev–Trinajstić information content (AvgIpc) is 2.72. The molecule has 0 fully saturated rings. The minimum absolute atomic E-state index is 0.149. The van der Waals surface area contributed by atoms with Crippen molar-refractivity contribution in [3.8, 4) is 0 Å². The first-order chi connectivity index (χ1) is 14.2. The Morgan fingerprint density at radius 2 is 1.70 bits per heavy atom. The summed E-state index contributed by atoms with van der Waals surface area (Å²) >= 11 is 12.7. The third kappa shape index (κ3) is 5.09. The number of aliphatic hydroxyl groups excluding tert-OH is 1. The molecule has 1 atom stereocenters. The molecule has 1 N–H and O–H groups in total. The highest BCUT2D eigenvalue weighted by Gasteiger charge is 2.33. The summed E-state index contributed by atoms with van der Waals surface area (Å²) in [5.41, 5.74) is 2.99. The van der Waals surface area contributed by atoms with E-state index in [1.165, 1.54) is 22.0 Å². The molecule has 1 unspecified atom stereocenters. The first kappa shape index (κ1) is 23.3. The van der Waals surface area contributed by atoms with Crippen LogP contribution in [0, 0.1) is 5.92 Å². The van der Waals surface area contributed by atoms with Crippen LogP contribution in [-0.4, -0.2) is 37.0 Å². The zero-order chi connectivity index (χ0) is 21.9. The summed E-state index contributed by atoms with van der Waals surface area (Å²) in [6.45, 7) is 3.92. The maximum atomic E-state index is 13.6. The van der Waals surface area contributed by atoms with E-state index in [0.717, 1.165) is 17.6 Å². The van der Waals surface area contributed by atoms with Crippen molar-refractivity contribution < 1.29 is 13.5 Å². The fourth-order valence-electron chi connectivity index (χ4n) is 3.85. The van der Waals surface area contributed by atoms with Crippen molar-refractivity contribution in [3.63, 3.8) is 0 Å². The number of hydrogen-bond donors (Lipinski definition) is 1. The first-order valence-electron chi connectivity index (χ1n) is 10.1. The molecule has 0 radical (unpaired) electrons. The molecule has 1 aliphatic carbocycles. The number of halogens is 2. The second-order valence-corrected chi connectivity index (χ2v) is 10.7. The minimum atomic E-state index is -3.85. The predicted octanol–water partition coefficient (Wildman–Crippen LogP) is 5.33. The Morgan fingerprint density at radius 1 is 1.03 bits per heavy atom. The molecule has 0 aromatic heterocycles. The van der Waals surface area contributed by atoms with Crippen LogP contribution in [0.4, 0.5) is 0 Å². The molecule has 7 heteroatoms. The van der Waals surface area contributed by atoms with Crippen molar-refractivity contribution in [1.29, 1.82) is 0 Å². The summed E-state index contributed by atoms with van der Waals surface area (Å²) in [4.78, 5) is 0.155. The minimum Gasteiger partial charge on any atom is -0.395 e. The van der Waals surface area contributed by atoms with Gasteiger partial charge in [-0.3, -0.25) is 0 Å². The normalized spacial score (nSPS) is 15.6. The van der Waals surface area contributed by atoms with E-state index in [0.29, 0.717) is 22.9 Å². The lowest BCUT2D eigenvalue weighted by Gasteiger charge is -2.33. The standard InChI is InChI=1S/C23H27Cl2NO3S/c1-16(2)13-20(15-27)26(30(28,29)21-11-9-19(24)10-12-21)14-18-8-7-17-5-3-4-6-22(17)23(18)25/h3-6,9-12,16,20,27H,7-8,13-15H2,1-2H3. The van der Waals surface area contributed by atoms with E-state index in [4.69, 9.17) is 23.2 Å². The lowest BCUT2D eigenvalue weighted by atomic mass is 9.91. The molecule has 0 amide bonds. The Kier molecular flexibility index (Phi) is 7.64. The monoisotopic (exact) mass is 467 g/mol. The van der Waals surface area contributed by atoms with Crippen molar-refractivity contribution in [2.75, 3.05) is 13.2 Å². The van der Waals surface area contributed by atoms with Gasteiger partial charge in [-0.1, -0.05) is 61.3 Å². The zero-order valence-corrected chi connectivity index (χ0v) is 19.5. The molecule has 4 nitrogen and oxygen atoms in total. The number of rotatable bonds is 8. The van der Waals surface area contributed by atoms with Gasteiger partial charge in [0.15, 0.2) is 0 Å². The average molecular weight is 468 g/mol. The molecule has 2 aromatic rings. The topological polar surface area (TPSA) is 57.6 Å². The number of sulfonamides is 1. The van der Waals surface area contributed by atoms with Gasteiger partial charge in [-0.05, 0) is 66.1 Å². The van der Waals surface area contributed by atoms with Crippen molar-refractivity contribution in [1.82, 2.24) is 4.31 Å². The molecule has 0 spiro atoms. The van der Waals surface area contributed by atoms with Crippen LogP contribution in [0.25, 0.3) is 5.03 Å². The molecule has 0 heterocycles. The SMILES string of the molecule is CC(C)CC(CO)N(CC1=C(Cl)c2ccccc2CC1)S(=O)(=O)c1ccc(Cl)cc1. The van der Waals surface area contributed by atoms with Crippen molar-refractivity contribution in [2.24, 2.45) is 5.92 Å². The smallest absolute Gasteiger partial charge is 0.243 e. The first-order valence-corrected chi connectivity index (χ1v) is 12.3. The maximum absolute atomic E-state index is 13.6. The molecule has 0 bridgehead atoms. The largest absolute Gasteiger partial charge is 0.395 e. The summed E-state index contributed by atoms with van der Waals surface area (Å²) in [5, 5.41) is 11.2. The quantitative estimate of drug-likeness (QED) is 0.570. The van der Waals surface area contributed by atoms with Crippen LogP contribution in [0.1, 0.15) is 37.8 Å². The number of aryl methyl sites for hydroxylation is 1. The van der Waals surface area contributed by atoms with Crippen LogP contribution in [0.5, 0.6) is 0 Å². The van der Waals surface area contributed by atoms with Crippen LogP contribution >= 0.6 is 23.2 Å². The van der Waals surface area contributed by atoms with E-state index in [1.807, 2.05) is 38.1 Å². The fourth-order valence-corrected chi connectivity index (χ4v) is 5.94. The van der Waals surface area contributed by atoms with Crippen molar-refractivity contribution in [2.45, 2.75) is 44.0 Å². The zero-order valence-electron chi connectivity index (χ0n) is 17.2. The Hall–Kier alpha value is -1.37. The summed E-state index contributed by atoms with van der Waals surface area (Å²) in [6.07, 6.45) is 2.04. The van der Waals surface area contributed by atoms with Crippen LogP contribution in [0.2, 0.25) is 5.02 Å². The lowest BCUT2D eigenvalue weighted by molar-refractivity contribution is 0.173. The summed E-state index contributed by atoms with van der Waals surface area (Å²) in [7, 11) is -3.85. The Bertz CT molecular complexity index is 1020. The molecule has 0 aliphatic heterocycles. The molecule has 162 valence electrons. The van der Waals surface area contributed by atoms with Crippen LogP contribution in [0.3, 0.4) is 0 Å². The van der Waals surface area contributed by atoms with Gasteiger partial charge in [-0.15, -0.1) is 0 Å². The van der Waals surface area contributed by atoms with E-state index < -0.39 is 16.1 Å². The second-order valence-electron chi connectivity index (χ2n) is 8.04. The van der Waals surface area contributed by atoms with Gasteiger partial charge < -0.3 is 5.11 Å². The van der Waals surface area contributed by atoms with Gasteiger partial charge in [0.2, 0.25) is 10.0 Å². The third-order valence-electron chi connectivity index (χ3n) is 5.39. The lowest BCUT2D eigenvalue weighted by Crippen LogP contribution is -2.44. The summed E-state index contributed by atoms with van der Waals surface area (Å²) in [6, 6.07) is 13.5. The Morgan fingerprint density at radius 3 is 2.33 bits per heavy atom. The Balaban J connectivity index is 2.03. The second kappa shape index (κ2) is 9.84. The van der Waals surface area contributed by atoms with Crippen LogP contribution in [-0.2, 0) is 16.4 Å². The van der Waals surface area contributed by atoms with Gasteiger partial charge >= 0.3 is 0 Å². The van der Waals surface area contributed by atoms with E-state index >= 15 is 0 Å². The van der Waals surface area contributed by atoms with Crippen molar-refractivity contribution in [3.05, 3.63) is 70.3 Å². The fraction of sp³-hybridized carbons (Fsp3) is 0.391. The molecule has 3 rings (SSSR count). The van der Waals surface area contributed by atoms with Crippen LogP contribution in [0.15, 0.2) is 59.0 Å². The maximum Gasteiger partial charge on any atom is 0.243 e. The summed E-state index contributed by atoms with van der Waals surface area (Å²) < 4.78 is 28.5. The summed E-state index contributed by atoms with van der Waals surface area (Å²) in [5.74, 6) is 0.224. The molecule has 30 heavy (non-hydrogen) atoms. The highest BCUT2D eigenvalue weighted by Crippen LogP contribution is 2.36. The van der Waals surface area contributed by atoms with Gasteiger partial charge in [0.25, 0.3) is 0 Å². The van der Waals surface area contributed by atoms with Gasteiger partial charge in [0.05, 0.1) is 11.5 Å². The Labute approximate surface area is 189 Å². The molecule has 1 aliphatic rings. The van der Waals surface area contributed by atoms with Gasteiger partial charge in [-0.2, -0.15) is 4.31 Å². The highest BCUT2D eigenvalue weighted by molar-refractivity contribution is 7.89. The number of fused-ring (bicyclic) bond motifs is 1. The van der Waals surface area contributed by atoms with Gasteiger partial charge in [0.1, 0.15) is 0 Å². The number of aliphatic hydroxyl groups is 1. The number of hydrogen-bond acceptors (Lipinski definition) is 3. The highest BCUT2D eigenvalue weighted by atomic mass is 35.5.